The summed E-state index contributed by atoms with van der Waals surface area (Å²) in [5.74, 6) is -1.14. The Kier molecular flexibility index (Phi) is 4.16. The summed E-state index contributed by atoms with van der Waals surface area (Å²) in [5, 5.41) is 20.5. The van der Waals surface area contributed by atoms with Crippen LogP contribution in [-0.4, -0.2) is 22.2 Å². The van der Waals surface area contributed by atoms with Gasteiger partial charge in [0.2, 0.25) is 0 Å². The predicted octanol–water partition coefficient (Wildman–Crippen LogP) is 4.89. The van der Waals surface area contributed by atoms with Gasteiger partial charge in [0, 0.05) is 29.3 Å². The van der Waals surface area contributed by atoms with Crippen LogP contribution in [0.4, 0.5) is 0 Å². The molecule has 34 heavy (non-hydrogen) atoms. The van der Waals surface area contributed by atoms with Crippen molar-refractivity contribution in [1.82, 2.24) is 0 Å². The topological polar surface area (TPSA) is 102 Å². The van der Waals surface area contributed by atoms with Crippen molar-refractivity contribution in [2.45, 2.75) is 5.60 Å². The molecule has 0 saturated carbocycles. The van der Waals surface area contributed by atoms with Gasteiger partial charge in [-0.3, -0.25) is 0 Å². The summed E-state index contributed by atoms with van der Waals surface area (Å²) in [6.45, 7) is 0. The fraction of sp³-hybridized carbons (Fsp3) is 0.0370. The minimum absolute atomic E-state index is 0.0212. The lowest BCUT2D eigenvalue weighted by Gasteiger charge is -2.37. The molecule has 6 rings (SSSR count). The predicted molar refractivity (Wildman–Crippen MR) is 119 cm³/mol. The van der Waals surface area contributed by atoms with E-state index in [9.17, 15) is 19.8 Å². The van der Waals surface area contributed by atoms with Crippen molar-refractivity contribution in [1.29, 1.82) is 0 Å². The smallest absolute Gasteiger partial charge is 0.343 e. The summed E-state index contributed by atoms with van der Waals surface area (Å²) in [6.07, 6.45) is 0. The number of benzene rings is 4. The van der Waals surface area contributed by atoms with Crippen LogP contribution in [0.2, 0.25) is 0 Å². The number of hydrogen-bond donors (Lipinski definition) is 2. The normalized spacial score (nSPS) is 17.2. The first-order chi connectivity index (χ1) is 16.5. The summed E-state index contributed by atoms with van der Waals surface area (Å²) >= 11 is 0. The average Bonchev–Trinajstić information content (AvgIpc) is 3.12. The Labute approximate surface area is 193 Å². The van der Waals surface area contributed by atoms with Gasteiger partial charge >= 0.3 is 11.9 Å². The molecular formula is C27H16O7. The van der Waals surface area contributed by atoms with Crippen molar-refractivity contribution >= 4 is 11.9 Å². The van der Waals surface area contributed by atoms with E-state index in [0.717, 1.165) is 0 Å². The monoisotopic (exact) mass is 452 g/mol. The highest BCUT2D eigenvalue weighted by atomic mass is 16.6. The number of fused-ring (bicyclic) bond motifs is 6. The van der Waals surface area contributed by atoms with E-state index in [1.165, 1.54) is 24.3 Å². The number of phenols is 2. The molecule has 0 radical (unpaired) electrons. The van der Waals surface area contributed by atoms with Gasteiger partial charge in [0.05, 0.1) is 16.7 Å². The molecule has 4 aromatic rings. The summed E-state index contributed by atoms with van der Waals surface area (Å²) < 4.78 is 17.8. The van der Waals surface area contributed by atoms with Crippen LogP contribution in [-0.2, 0) is 10.3 Å². The van der Waals surface area contributed by atoms with Crippen LogP contribution in [0.5, 0.6) is 28.7 Å². The largest absolute Gasteiger partial charge is 0.508 e. The Balaban J connectivity index is 1.63. The first-order valence-corrected chi connectivity index (χ1v) is 10.5. The van der Waals surface area contributed by atoms with E-state index in [1.807, 2.05) is 0 Å². The second-order valence-corrected chi connectivity index (χ2v) is 7.97. The third kappa shape index (κ3) is 2.77. The SMILES string of the molecule is O=C(Oc1cc(O)cc2c1C1(OC(=O)c3ccccc31)c1ccc(O)cc1O2)c1ccccc1. The second kappa shape index (κ2) is 7.11. The molecule has 2 N–H and O–H groups in total. The van der Waals surface area contributed by atoms with Crippen LogP contribution in [0.3, 0.4) is 0 Å². The maximum absolute atomic E-state index is 13.0. The number of phenolic OH excluding ortho intramolecular Hbond substituents is 2. The van der Waals surface area contributed by atoms with Crippen molar-refractivity contribution in [3.63, 3.8) is 0 Å². The average molecular weight is 452 g/mol. The van der Waals surface area contributed by atoms with Gasteiger partial charge in [-0.15, -0.1) is 0 Å². The van der Waals surface area contributed by atoms with E-state index in [1.54, 1.807) is 60.7 Å². The van der Waals surface area contributed by atoms with Crippen LogP contribution in [0.1, 0.15) is 37.4 Å². The molecule has 0 bridgehead atoms. The van der Waals surface area contributed by atoms with E-state index in [-0.39, 0.29) is 34.3 Å². The van der Waals surface area contributed by atoms with Gasteiger partial charge in [-0.05, 0) is 30.3 Å². The number of ether oxygens (including phenoxy) is 3. The Morgan fingerprint density at radius 3 is 2.35 bits per heavy atom. The molecule has 0 aromatic heterocycles. The van der Waals surface area contributed by atoms with Crippen LogP contribution in [0.15, 0.2) is 84.9 Å². The summed E-state index contributed by atoms with van der Waals surface area (Å²) in [7, 11) is 0. The number of esters is 2. The van der Waals surface area contributed by atoms with Crippen LogP contribution >= 0.6 is 0 Å². The van der Waals surface area contributed by atoms with Gasteiger partial charge in [-0.25, -0.2) is 9.59 Å². The first-order valence-electron chi connectivity index (χ1n) is 10.5. The van der Waals surface area contributed by atoms with Crippen LogP contribution in [0, 0.1) is 0 Å². The van der Waals surface area contributed by atoms with Crippen molar-refractivity contribution in [3.8, 4) is 28.7 Å². The van der Waals surface area contributed by atoms with E-state index < -0.39 is 17.5 Å². The number of aromatic hydroxyl groups is 2. The van der Waals surface area contributed by atoms with Crippen molar-refractivity contribution in [3.05, 3.63) is 113 Å². The van der Waals surface area contributed by atoms with Gasteiger partial charge < -0.3 is 24.4 Å². The lowest BCUT2D eigenvalue weighted by atomic mass is 9.77. The molecule has 1 spiro atoms. The van der Waals surface area contributed by atoms with E-state index in [0.29, 0.717) is 22.3 Å². The summed E-state index contributed by atoms with van der Waals surface area (Å²) in [5.41, 5.74) is 0.357. The zero-order valence-electron chi connectivity index (χ0n) is 17.5. The Hall–Kier alpha value is -4.78. The zero-order valence-corrected chi connectivity index (χ0v) is 17.5. The Morgan fingerprint density at radius 1 is 0.794 bits per heavy atom. The standard InChI is InChI=1S/C27H16O7/c28-16-10-11-20-21(12-16)32-22-13-17(29)14-23(33-25(30)15-6-2-1-3-7-15)24(22)27(20)19-9-5-4-8-18(19)26(31)34-27/h1-14,28-29H. The van der Waals surface area contributed by atoms with E-state index in [2.05, 4.69) is 0 Å². The molecular weight excluding hydrogens is 436 g/mol. The van der Waals surface area contributed by atoms with Gasteiger partial charge in [0.15, 0.2) is 5.60 Å². The molecule has 166 valence electrons. The Bertz CT molecular complexity index is 1490. The minimum atomic E-state index is -1.52. The first kappa shape index (κ1) is 19.9. The van der Waals surface area contributed by atoms with Crippen molar-refractivity contribution in [2.24, 2.45) is 0 Å². The molecule has 1 atom stereocenters. The highest BCUT2D eigenvalue weighted by molar-refractivity contribution is 5.97. The van der Waals surface area contributed by atoms with E-state index >= 15 is 0 Å². The maximum atomic E-state index is 13.0. The molecule has 7 heteroatoms. The quantitative estimate of drug-likeness (QED) is 0.330. The van der Waals surface area contributed by atoms with Crippen LogP contribution < -0.4 is 9.47 Å². The lowest BCUT2D eigenvalue weighted by Crippen LogP contribution is -2.34. The molecule has 0 saturated heterocycles. The molecule has 1 unspecified atom stereocenters. The second-order valence-electron chi connectivity index (χ2n) is 7.97. The minimum Gasteiger partial charge on any atom is -0.508 e. The van der Waals surface area contributed by atoms with Gasteiger partial charge in [0.1, 0.15) is 28.7 Å². The molecule has 2 aliphatic rings. The zero-order chi connectivity index (χ0) is 23.4. The van der Waals surface area contributed by atoms with Gasteiger partial charge in [0.25, 0.3) is 0 Å². The fourth-order valence-electron chi connectivity index (χ4n) is 4.56. The number of carbonyl (C=O) groups is 2. The third-order valence-corrected chi connectivity index (χ3v) is 5.95. The number of rotatable bonds is 2. The molecule has 4 aromatic carbocycles. The third-order valence-electron chi connectivity index (χ3n) is 5.95. The van der Waals surface area contributed by atoms with Crippen molar-refractivity contribution < 1.29 is 34.0 Å². The highest BCUT2D eigenvalue weighted by Gasteiger charge is 2.55. The van der Waals surface area contributed by atoms with Gasteiger partial charge in [-0.2, -0.15) is 0 Å². The summed E-state index contributed by atoms with van der Waals surface area (Å²) in [6, 6.07) is 22.4. The molecule has 0 fully saturated rings. The fourth-order valence-corrected chi connectivity index (χ4v) is 4.56. The van der Waals surface area contributed by atoms with E-state index in [4.69, 9.17) is 14.2 Å². The molecule has 2 heterocycles. The number of hydrogen-bond acceptors (Lipinski definition) is 7. The Morgan fingerprint density at radius 2 is 1.53 bits per heavy atom. The molecule has 0 amide bonds. The summed E-state index contributed by atoms with van der Waals surface area (Å²) in [4.78, 5) is 25.9. The lowest BCUT2D eigenvalue weighted by molar-refractivity contribution is 0.0216. The van der Waals surface area contributed by atoms with Crippen LogP contribution in [0.25, 0.3) is 0 Å². The molecule has 0 aliphatic carbocycles. The van der Waals surface area contributed by atoms with Gasteiger partial charge in [-0.1, -0.05) is 36.4 Å². The molecule has 7 nitrogen and oxygen atoms in total. The molecule has 2 aliphatic heterocycles. The van der Waals surface area contributed by atoms with Crippen molar-refractivity contribution in [2.75, 3.05) is 0 Å². The highest BCUT2D eigenvalue weighted by Crippen LogP contribution is 2.59. The number of carbonyl (C=O) groups excluding carboxylic acids is 2. The maximum Gasteiger partial charge on any atom is 0.343 e.